The smallest absolute Gasteiger partial charge is 0.220 e. The average molecular weight is 296 g/mol. The SMILES string of the molecule is COc1nc(Cl)cc2c1[C@H](NC[C@H]1CCC(=O)N1)CC2. The molecular weight excluding hydrogens is 278 g/mol. The zero-order valence-corrected chi connectivity index (χ0v) is 12.2. The number of rotatable bonds is 4. The van der Waals surface area contributed by atoms with Gasteiger partial charge in [-0.3, -0.25) is 4.79 Å². The molecule has 20 heavy (non-hydrogen) atoms. The van der Waals surface area contributed by atoms with Crippen LogP contribution < -0.4 is 15.4 Å². The van der Waals surface area contributed by atoms with Crippen molar-refractivity contribution in [3.05, 3.63) is 22.3 Å². The van der Waals surface area contributed by atoms with E-state index in [4.69, 9.17) is 16.3 Å². The Balaban J connectivity index is 1.71. The first kappa shape index (κ1) is 13.6. The van der Waals surface area contributed by atoms with E-state index in [0.29, 0.717) is 17.5 Å². The highest BCUT2D eigenvalue weighted by Gasteiger charge is 2.29. The summed E-state index contributed by atoms with van der Waals surface area (Å²) < 4.78 is 5.35. The number of fused-ring (bicyclic) bond motifs is 1. The van der Waals surface area contributed by atoms with E-state index in [2.05, 4.69) is 15.6 Å². The van der Waals surface area contributed by atoms with Crippen LogP contribution in [0.25, 0.3) is 0 Å². The number of hydrogen-bond acceptors (Lipinski definition) is 4. The second-order valence-electron chi connectivity index (χ2n) is 5.33. The Morgan fingerprint density at radius 3 is 3.05 bits per heavy atom. The standard InChI is InChI=1S/C14H18ClN3O2/c1-20-14-13-8(6-11(15)18-14)2-4-10(13)16-7-9-3-5-12(19)17-9/h6,9-10,16H,2-5,7H2,1H3,(H,17,19)/t9-,10-/m1/s1. The second kappa shape index (κ2) is 5.58. The first-order valence-electron chi connectivity index (χ1n) is 6.93. The molecule has 2 heterocycles. The van der Waals surface area contributed by atoms with Crippen molar-refractivity contribution < 1.29 is 9.53 Å². The van der Waals surface area contributed by atoms with Crippen molar-refractivity contribution in [2.75, 3.05) is 13.7 Å². The summed E-state index contributed by atoms with van der Waals surface area (Å²) >= 11 is 5.99. The first-order valence-corrected chi connectivity index (χ1v) is 7.31. The van der Waals surface area contributed by atoms with E-state index in [1.807, 2.05) is 6.07 Å². The molecule has 108 valence electrons. The summed E-state index contributed by atoms with van der Waals surface area (Å²) in [6, 6.07) is 2.37. The molecule has 6 heteroatoms. The average Bonchev–Trinajstić information content (AvgIpc) is 3.01. The molecule has 0 bridgehead atoms. The van der Waals surface area contributed by atoms with Gasteiger partial charge in [0.05, 0.1) is 7.11 Å². The Labute approximate surface area is 123 Å². The van der Waals surface area contributed by atoms with Crippen molar-refractivity contribution in [3.63, 3.8) is 0 Å². The number of ether oxygens (including phenoxy) is 1. The lowest BCUT2D eigenvalue weighted by Crippen LogP contribution is -2.36. The van der Waals surface area contributed by atoms with Gasteiger partial charge in [0, 0.05) is 30.6 Å². The second-order valence-corrected chi connectivity index (χ2v) is 5.72. The minimum absolute atomic E-state index is 0.148. The van der Waals surface area contributed by atoms with Crippen LogP contribution in [0.5, 0.6) is 5.88 Å². The molecule has 2 atom stereocenters. The molecule has 0 saturated carbocycles. The van der Waals surface area contributed by atoms with Crippen LogP contribution in [-0.4, -0.2) is 30.6 Å². The number of nitrogens with zero attached hydrogens (tertiary/aromatic N) is 1. The van der Waals surface area contributed by atoms with Gasteiger partial charge in [-0.15, -0.1) is 0 Å². The molecule has 2 aliphatic rings. The highest BCUT2D eigenvalue weighted by Crippen LogP contribution is 2.38. The van der Waals surface area contributed by atoms with E-state index >= 15 is 0 Å². The molecular formula is C14H18ClN3O2. The van der Waals surface area contributed by atoms with Crippen LogP contribution >= 0.6 is 11.6 Å². The van der Waals surface area contributed by atoms with Gasteiger partial charge >= 0.3 is 0 Å². The van der Waals surface area contributed by atoms with E-state index in [1.165, 1.54) is 5.56 Å². The van der Waals surface area contributed by atoms with E-state index in [9.17, 15) is 4.79 Å². The van der Waals surface area contributed by atoms with Crippen LogP contribution in [0.1, 0.15) is 36.4 Å². The maximum atomic E-state index is 11.2. The number of amides is 1. The number of nitrogens with one attached hydrogen (secondary N) is 2. The van der Waals surface area contributed by atoms with Crippen molar-refractivity contribution in [1.29, 1.82) is 0 Å². The highest BCUT2D eigenvalue weighted by molar-refractivity contribution is 6.29. The highest BCUT2D eigenvalue weighted by atomic mass is 35.5. The van der Waals surface area contributed by atoms with Crippen LogP contribution in [0.3, 0.4) is 0 Å². The number of halogens is 1. The molecule has 0 spiro atoms. The first-order chi connectivity index (χ1) is 9.67. The molecule has 0 unspecified atom stereocenters. The van der Waals surface area contributed by atoms with Gasteiger partial charge in [0.2, 0.25) is 11.8 Å². The molecule has 2 N–H and O–H groups in total. The monoisotopic (exact) mass is 295 g/mol. The van der Waals surface area contributed by atoms with Crippen LogP contribution in [0.2, 0.25) is 5.15 Å². The lowest BCUT2D eigenvalue weighted by atomic mass is 10.1. The number of aromatic nitrogens is 1. The third-order valence-electron chi connectivity index (χ3n) is 4.02. The van der Waals surface area contributed by atoms with Crippen LogP contribution in [0, 0.1) is 0 Å². The maximum Gasteiger partial charge on any atom is 0.220 e. The molecule has 1 aromatic rings. The van der Waals surface area contributed by atoms with Crippen molar-refractivity contribution >= 4 is 17.5 Å². The van der Waals surface area contributed by atoms with Crippen molar-refractivity contribution in [3.8, 4) is 5.88 Å². The van der Waals surface area contributed by atoms with Crippen molar-refractivity contribution in [1.82, 2.24) is 15.6 Å². The molecule has 0 radical (unpaired) electrons. The normalized spacial score (nSPS) is 24.6. The van der Waals surface area contributed by atoms with E-state index in [-0.39, 0.29) is 18.0 Å². The van der Waals surface area contributed by atoms with Gasteiger partial charge in [0.1, 0.15) is 5.15 Å². The molecule has 1 saturated heterocycles. The molecule has 3 rings (SSSR count). The fourth-order valence-electron chi connectivity index (χ4n) is 3.05. The fraction of sp³-hybridized carbons (Fsp3) is 0.571. The minimum atomic E-state index is 0.148. The maximum absolute atomic E-state index is 11.2. The number of hydrogen-bond donors (Lipinski definition) is 2. The van der Waals surface area contributed by atoms with Gasteiger partial charge in [0.15, 0.2) is 0 Å². The van der Waals surface area contributed by atoms with Gasteiger partial charge in [-0.05, 0) is 30.9 Å². The topological polar surface area (TPSA) is 63.2 Å². The molecule has 1 aromatic heterocycles. The number of carbonyl (C=O) groups is 1. The summed E-state index contributed by atoms with van der Waals surface area (Å²) in [4.78, 5) is 15.4. The van der Waals surface area contributed by atoms with Gasteiger partial charge in [-0.1, -0.05) is 11.6 Å². The van der Waals surface area contributed by atoms with Gasteiger partial charge in [-0.25, -0.2) is 4.98 Å². The molecule has 1 amide bonds. The van der Waals surface area contributed by atoms with Gasteiger partial charge in [0.25, 0.3) is 0 Å². The minimum Gasteiger partial charge on any atom is -0.481 e. The summed E-state index contributed by atoms with van der Waals surface area (Å²) in [6.45, 7) is 0.779. The van der Waals surface area contributed by atoms with Crippen molar-refractivity contribution in [2.45, 2.75) is 37.8 Å². The number of carbonyl (C=O) groups excluding carboxylic acids is 1. The predicted octanol–water partition coefficient (Wildman–Crippen LogP) is 1.60. The van der Waals surface area contributed by atoms with Crippen LogP contribution in [0.15, 0.2) is 6.07 Å². The molecule has 1 fully saturated rings. The van der Waals surface area contributed by atoms with E-state index in [1.54, 1.807) is 7.11 Å². The molecule has 1 aliphatic heterocycles. The Morgan fingerprint density at radius 1 is 1.50 bits per heavy atom. The summed E-state index contributed by atoms with van der Waals surface area (Å²) in [5, 5.41) is 6.96. The van der Waals surface area contributed by atoms with Crippen LogP contribution in [0.4, 0.5) is 0 Å². The Bertz CT molecular complexity index is 535. The van der Waals surface area contributed by atoms with Gasteiger partial charge < -0.3 is 15.4 Å². The van der Waals surface area contributed by atoms with Gasteiger partial charge in [-0.2, -0.15) is 0 Å². The van der Waals surface area contributed by atoms with Crippen LogP contribution in [-0.2, 0) is 11.2 Å². The van der Waals surface area contributed by atoms with E-state index in [0.717, 1.165) is 31.4 Å². The Kier molecular flexibility index (Phi) is 3.81. The van der Waals surface area contributed by atoms with Crippen molar-refractivity contribution in [2.24, 2.45) is 0 Å². The predicted molar refractivity (Wildman–Crippen MR) is 76.0 cm³/mol. The molecule has 1 aliphatic carbocycles. The largest absolute Gasteiger partial charge is 0.481 e. The molecule has 0 aromatic carbocycles. The zero-order valence-electron chi connectivity index (χ0n) is 11.4. The molecule has 5 nitrogen and oxygen atoms in total. The lowest BCUT2D eigenvalue weighted by Gasteiger charge is -2.19. The summed E-state index contributed by atoms with van der Waals surface area (Å²) in [5.41, 5.74) is 2.32. The summed E-state index contributed by atoms with van der Waals surface area (Å²) in [6.07, 6.45) is 3.52. The van der Waals surface area contributed by atoms with E-state index < -0.39 is 0 Å². The Morgan fingerprint density at radius 2 is 2.35 bits per heavy atom. The number of pyridine rings is 1. The number of methoxy groups -OCH3 is 1. The number of aryl methyl sites for hydroxylation is 1. The summed E-state index contributed by atoms with van der Waals surface area (Å²) in [7, 11) is 1.62. The quantitative estimate of drug-likeness (QED) is 0.828. The third kappa shape index (κ3) is 2.60. The lowest BCUT2D eigenvalue weighted by molar-refractivity contribution is -0.119. The summed E-state index contributed by atoms with van der Waals surface area (Å²) in [5.74, 6) is 0.757. The Hall–Kier alpha value is -1.33. The third-order valence-corrected chi connectivity index (χ3v) is 4.21. The fourth-order valence-corrected chi connectivity index (χ4v) is 3.26. The zero-order chi connectivity index (χ0) is 14.1.